The maximum atomic E-state index is 11.7. The van der Waals surface area contributed by atoms with Crippen LogP contribution in [0.5, 0.6) is 11.5 Å². The Kier molecular flexibility index (Phi) is 16.4. The Morgan fingerprint density at radius 2 is 1.14 bits per heavy atom. The summed E-state index contributed by atoms with van der Waals surface area (Å²) in [5.74, 6) is 0.432. The van der Waals surface area contributed by atoms with Crippen molar-refractivity contribution in [3.05, 3.63) is 178 Å². The number of phenolic OH excluding ortho intramolecular Hbond substituents is 1. The lowest BCUT2D eigenvalue weighted by Crippen LogP contribution is -2.47. The fourth-order valence-corrected chi connectivity index (χ4v) is 13.3. The first-order valence-electron chi connectivity index (χ1n) is 20.4. The van der Waals surface area contributed by atoms with Crippen molar-refractivity contribution in [2.45, 2.75) is 98.1 Å². The van der Waals surface area contributed by atoms with Gasteiger partial charge in [0.2, 0.25) is 8.32 Å². The summed E-state index contributed by atoms with van der Waals surface area (Å²) in [7, 11) is -1.86. The van der Waals surface area contributed by atoms with Crippen molar-refractivity contribution in [1.29, 1.82) is 10.5 Å². The third-order valence-electron chi connectivity index (χ3n) is 11.0. The van der Waals surface area contributed by atoms with E-state index in [0.29, 0.717) is 64.3 Å². The molecule has 0 aromatic heterocycles. The number of phenols is 1. The molecular formula is C52H58N2O4Si. The van der Waals surface area contributed by atoms with Crippen LogP contribution in [0, 0.1) is 22.7 Å². The molecule has 0 aliphatic rings. The molecule has 0 aliphatic carbocycles. The van der Waals surface area contributed by atoms with Crippen LogP contribution in [0.15, 0.2) is 122 Å². The number of benzene rings is 5. The van der Waals surface area contributed by atoms with Gasteiger partial charge in [-0.2, -0.15) is 10.5 Å². The smallest absolute Gasteiger partial charge is 0.200 e. The fraction of sp³-hybridized carbons (Fsp3) is 0.288. The van der Waals surface area contributed by atoms with Gasteiger partial charge in [0.15, 0.2) is 5.78 Å². The van der Waals surface area contributed by atoms with Gasteiger partial charge in [-0.05, 0) is 111 Å². The SMILES string of the molecule is C=C(c1ccc(CO[Si](C(C)C)(C(C)C)C(C)C)cc1)c1cccc(C#N)c1.C=C(c1ccc(COc2ccc(C(C)=O)c(O)c2CCC)cc1)c1cccc(C#N)c1. The average Bonchev–Trinajstić information content (AvgIpc) is 3.23. The third kappa shape index (κ3) is 11.4. The molecule has 59 heavy (non-hydrogen) atoms. The monoisotopic (exact) mass is 802 g/mol. The van der Waals surface area contributed by atoms with Crippen molar-refractivity contribution in [3.8, 4) is 23.6 Å². The number of hydrogen-bond acceptors (Lipinski definition) is 6. The third-order valence-corrected chi connectivity index (χ3v) is 17.1. The Hall–Kier alpha value is -5.99. The van der Waals surface area contributed by atoms with Gasteiger partial charge in [-0.3, -0.25) is 4.79 Å². The van der Waals surface area contributed by atoms with Crippen LogP contribution in [0.2, 0.25) is 16.6 Å². The second kappa shape index (κ2) is 21.1. The Morgan fingerprint density at radius 3 is 1.54 bits per heavy atom. The van der Waals surface area contributed by atoms with Crippen LogP contribution in [0.25, 0.3) is 11.1 Å². The Morgan fingerprint density at radius 1 is 0.678 bits per heavy atom. The van der Waals surface area contributed by atoms with Gasteiger partial charge < -0.3 is 14.3 Å². The molecule has 6 nitrogen and oxygen atoms in total. The van der Waals surface area contributed by atoms with Crippen molar-refractivity contribution >= 4 is 25.2 Å². The lowest BCUT2D eigenvalue weighted by atomic mass is 9.97. The second-order valence-corrected chi connectivity index (χ2v) is 21.3. The molecule has 1 N–H and O–H groups in total. The zero-order valence-electron chi connectivity index (χ0n) is 35.9. The number of aromatic hydroxyl groups is 1. The summed E-state index contributed by atoms with van der Waals surface area (Å²) in [6.45, 7) is 26.7. The molecule has 5 aromatic carbocycles. The largest absolute Gasteiger partial charge is 0.507 e. The highest BCUT2D eigenvalue weighted by molar-refractivity contribution is 6.77. The predicted octanol–water partition coefficient (Wildman–Crippen LogP) is 13.4. The van der Waals surface area contributed by atoms with E-state index in [1.54, 1.807) is 18.2 Å². The lowest BCUT2D eigenvalue weighted by Gasteiger charge is -2.42. The zero-order valence-corrected chi connectivity index (χ0v) is 36.9. The number of nitrogens with zero attached hydrogens (tertiary/aromatic N) is 2. The average molecular weight is 803 g/mol. The van der Waals surface area contributed by atoms with E-state index >= 15 is 0 Å². The van der Waals surface area contributed by atoms with Crippen LogP contribution in [-0.4, -0.2) is 19.2 Å². The molecule has 0 spiro atoms. The molecule has 0 amide bonds. The van der Waals surface area contributed by atoms with Crippen LogP contribution < -0.4 is 4.74 Å². The van der Waals surface area contributed by atoms with Crippen molar-refractivity contribution < 1.29 is 19.1 Å². The highest BCUT2D eigenvalue weighted by Crippen LogP contribution is 2.43. The molecule has 0 saturated heterocycles. The summed E-state index contributed by atoms with van der Waals surface area (Å²) < 4.78 is 12.7. The summed E-state index contributed by atoms with van der Waals surface area (Å²) in [6, 6.07) is 39.0. The second-order valence-electron chi connectivity index (χ2n) is 15.9. The summed E-state index contributed by atoms with van der Waals surface area (Å²) in [4.78, 5) is 11.7. The van der Waals surface area contributed by atoms with Gasteiger partial charge >= 0.3 is 0 Å². The molecule has 5 aromatic rings. The van der Waals surface area contributed by atoms with E-state index in [9.17, 15) is 9.90 Å². The Labute approximate surface area is 353 Å². The molecule has 0 heterocycles. The normalized spacial score (nSPS) is 11.1. The molecular weight excluding hydrogens is 745 g/mol. The van der Waals surface area contributed by atoms with Gasteiger partial charge in [0.05, 0.1) is 35.4 Å². The lowest BCUT2D eigenvalue weighted by molar-refractivity contribution is 0.101. The highest BCUT2D eigenvalue weighted by atomic mass is 28.4. The number of ether oxygens (including phenoxy) is 1. The van der Waals surface area contributed by atoms with Crippen molar-refractivity contribution in [2.75, 3.05) is 0 Å². The first kappa shape index (κ1) is 45.7. The van der Waals surface area contributed by atoms with E-state index < -0.39 is 8.32 Å². The van der Waals surface area contributed by atoms with E-state index in [-0.39, 0.29) is 11.5 Å². The molecule has 0 unspecified atom stereocenters. The van der Waals surface area contributed by atoms with Gasteiger partial charge in [0.25, 0.3) is 0 Å². The van der Waals surface area contributed by atoms with Gasteiger partial charge in [-0.15, -0.1) is 0 Å². The summed E-state index contributed by atoms with van der Waals surface area (Å²) >= 11 is 0. The molecule has 0 saturated carbocycles. The highest BCUT2D eigenvalue weighted by Gasteiger charge is 2.45. The molecule has 0 radical (unpaired) electrons. The first-order chi connectivity index (χ1) is 28.2. The van der Waals surface area contributed by atoms with Crippen molar-refractivity contribution in [3.63, 3.8) is 0 Å². The molecule has 7 heteroatoms. The standard InChI is InChI=1S/C27H25NO3.C25H33NOSi/c1-4-6-25-26(14-13-24(19(3)29)27(25)30)31-17-20-9-11-22(12-10-20)18(2)23-8-5-7-21(15-23)16-28;1-18(2)28(19(3)4,20(5)6)27-17-22-11-13-24(14-12-22)21(7)25-10-8-9-23(15-25)16-26/h5,7-15,30H,2,4,6,17H2,1,3H3;8-15,18-20H,7,17H2,1-6H3. The number of Topliss-reactive ketones (excluding diaryl/α,β-unsaturated/α-hetero) is 1. The molecule has 304 valence electrons. The Balaban J connectivity index is 0.000000262. The molecule has 0 fully saturated rings. The minimum Gasteiger partial charge on any atom is -0.507 e. The van der Waals surface area contributed by atoms with Crippen LogP contribution in [0.4, 0.5) is 0 Å². The van der Waals surface area contributed by atoms with Crippen LogP contribution >= 0.6 is 0 Å². The van der Waals surface area contributed by atoms with E-state index in [2.05, 4.69) is 91.1 Å². The Bertz CT molecular complexity index is 2310. The molecule has 5 rings (SSSR count). The zero-order chi connectivity index (χ0) is 43.3. The molecule has 0 atom stereocenters. The number of carbonyl (C=O) groups excluding carboxylic acids is 1. The number of carbonyl (C=O) groups is 1. The van der Waals surface area contributed by atoms with Crippen molar-refractivity contribution in [2.24, 2.45) is 0 Å². The van der Waals surface area contributed by atoms with Crippen LogP contribution in [0.1, 0.15) is 122 Å². The van der Waals surface area contributed by atoms with Gasteiger partial charge in [0, 0.05) is 5.56 Å². The summed E-state index contributed by atoms with van der Waals surface area (Å²) in [6.07, 6.45) is 1.46. The van der Waals surface area contributed by atoms with Crippen molar-refractivity contribution in [1.82, 2.24) is 0 Å². The predicted molar refractivity (Wildman–Crippen MR) is 244 cm³/mol. The van der Waals surface area contributed by atoms with E-state index in [0.717, 1.165) is 45.4 Å². The number of rotatable bonds is 16. The minimum absolute atomic E-state index is 0.0121. The van der Waals surface area contributed by atoms with Gasteiger partial charge in [-0.1, -0.05) is 141 Å². The number of hydrogen-bond donors (Lipinski definition) is 1. The maximum Gasteiger partial charge on any atom is 0.200 e. The van der Waals surface area contributed by atoms with Crippen LogP contribution in [0.3, 0.4) is 0 Å². The van der Waals surface area contributed by atoms with Gasteiger partial charge in [0.1, 0.15) is 18.1 Å². The van der Waals surface area contributed by atoms with E-state index in [4.69, 9.17) is 19.7 Å². The maximum absolute atomic E-state index is 11.7. The summed E-state index contributed by atoms with van der Waals surface area (Å²) in [5.41, 5.74) is 11.9. The van der Waals surface area contributed by atoms with Gasteiger partial charge in [-0.25, -0.2) is 0 Å². The van der Waals surface area contributed by atoms with E-state index in [1.165, 1.54) is 12.5 Å². The fourth-order valence-electron chi connectivity index (χ4n) is 7.89. The minimum atomic E-state index is -1.86. The van der Waals surface area contributed by atoms with Crippen LogP contribution in [-0.2, 0) is 24.1 Å². The molecule has 0 bridgehead atoms. The quantitative estimate of drug-likeness (QED) is 0.0787. The topological polar surface area (TPSA) is 103 Å². The molecule has 0 aliphatic heterocycles. The first-order valence-corrected chi connectivity index (χ1v) is 22.5. The van der Waals surface area contributed by atoms with E-state index in [1.807, 2.05) is 73.7 Å². The number of ketones is 1. The summed E-state index contributed by atoms with van der Waals surface area (Å²) in [5, 5.41) is 28.7. The number of nitriles is 2.